The number of nitrogens with two attached hydrogens (primary N) is 1. The van der Waals surface area contributed by atoms with Crippen LogP contribution in [0.25, 0.3) is 0 Å². The molecule has 0 aromatic heterocycles. The summed E-state index contributed by atoms with van der Waals surface area (Å²) in [7, 11) is 0. The third-order valence-corrected chi connectivity index (χ3v) is 5.35. The van der Waals surface area contributed by atoms with Gasteiger partial charge in [-0.3, -0.25) is 9.59 Å². The molecule has 0 bridgehead atoms. The van der Waals surface area contributed by atoms with Crippen LogP contribution in [-0.4, -0.2) is 34.2 Å². The number of carbonyl (C=O) groups excluding carboxylic acids is 2. The van der Waals surface area contributed by atoms with Gasteiger partial charge in [0.15, 0.2) is 0 Å². The highest BCUT2D eigenvalue weighted by molar-refractivity contribution is 5.88. The molecule has 0 unspecified atom stereocenters. The number of hydrogen-bond acceptors (Lipinski definition) is 3. The first-order valence-electron chi connectivity index (χ1n) is 9.07. The van der Waals surface area contributed by atoms with Crippen LogP contribution in [0.3, 0.4) is 0 Å². The lowest BCUT2D eigenvalue weighted by molar-refractivity contribution is -0.139. The van der Waals surface area contributed by atoms with Crippen molar-refractivity contribution < 1.29 is 9.59 Å². The van der Waals surface area contributed by atoms with Crippen molar-refractivity contribution in [1.29, 1.82) is 0 Å². The Morgan fingerprint density at radius 1 is 0.846 bits per heavy atom. The highest BCUT2D eigenvalue weighted by atomic mass is 16.2. The van der Waals surface area contributed by atoms with Gasteiger partial charge in [-0.1, -0.05) is 48.5 Å². The quantitative estimate of drug-likeness (QED) is 0.919. The van der Waals surface area contributed by atoms with Gasteiger partial charge in [-0.15, -0.1) is 0 Å². The largest absolute Gasteiger partial charge is 0.338 e. The summed E-state index contributed by atoms with van der Waals surface area (Å²) in [5.41, 5.74) is 10.9. The number of benzene rings is 2. The van der Waals surface area contributed by atoms with E-state index in [9.17, 15) is 9.59 Å². The SMILES string of the molecule is N[C@@H](CC(=O)N1CCc2ccccc2C1)C(=O)N1Cc2ccccc2C1. The van der Waals surface area contributed by atoms with Gasteiger partial charge in [0.25, 0.3) is 0 Å². The molecule has 0 radical (unpaired) electrons. The zero-order valence-electron chi connectivity index (χ0n) is 14.7. The molecule has 1 atom stereocenters. The molecular weight excluding hydrogens is 326 g/mol. The third-order valence-electron chi connectivity index (χ3n) is 5.35. The fraction of sp³-hybridized carbons (Fsp3) is 0.333. The van der Waals surface area contributed by atoms with E-state index in [1.54, 1.807) is 4.90 Å². The number of nitrogens with zero attached hydrogens (tertiary/aromatic N) is 2. The molecule has 0 saturated heterocycles. The van der Waals surface area contributed by atoms with E-state index in [-0.39, 0.29) is 18.2 Å². The lowest BCUT2D eigenvalue weighted by atomic mass is 9.99. The summed E-state index contributed by atoms with van der Waals surface area (Å²) in [5, 5.41) is 0. The lowest BCUT2D eigenvalue weighted by Gasteiger charge is -2.30. The van der Waals surface area contributed by atoms with Crippen molar-refractivity contribution in [2.24, 2.45) is 5.73 Å². The predicted octanol–water partition coefficient (Wildman–Crippen LogP) is 1.83. The van der Waals surface area contributed by atoms with E-state index in [0.29, 0.717) is 26.2 Å². The molecule has 0 fully saturated rings. The van der Waals surface area contributed by atoms with Crippen molar-refractivity contribution in [3.05, 3.63) is 70.8 Å². The molecule has 5 nitrogen and oxygen atoms in total. The van der Waals surface area contributed by atoms with Crippen LogP contribution >= 0.6 is 0 Å². The predicted molar refractivity (Wildman–Crippen MR) is 98.9 cm³/mol. The highest BCUT2D eigenvalue weighted by Crippen LogP contribution is 2.23. The molecule has 2 aromatic rings. The van der Waals surface area contributed by atoms with Gasteiger partial charge in [0, 0.05) is 26.2 Å². The van der Waals surface area contributed by atoms with Gasteiger partial charge >= 0.3 is 0 Å². The van der Waals surface area contributed by atoms with Gasteiger partial charge < -0.3 is 15.5 Å². The van der Waals surface area contributed by atoms with Gasteiger partial charge in [-0.25, -0.2) is 0 Å². The van der Waals surface area contributed by atoms with Crippen LogP contribution in [0.1, 0.15) is 28.7 Å². The van der Waals surface area contributed by atoms with Crippen molar-refractivity contribution in [3.8, 4) is 0 Å². The number of rotatable bonds is 3. The standard InChI is InChI=1S/C21H23N3O2/c22-19(21(26)24-13-17-7-3-4-8-18(17)14-24)11-20(25)23-10-9-15-5-1-2-6-16(15)12-23/h1-8,19H,9-14,22H2/t19-/m0/s1. The molecule has 2 aromatic carbocycles. The van der Waals surface area contributed by atoms with Crippen molar-refractivity contribution in [2.45, 2.75) is 38.5 Å². The molecule has 2 N–H and O–H groups in total. The number of fused-ring (bicyclic) bond motifs is 2. The lowest BCUT2D eigenvalue weighted by Crippen LogP contribution is -2.45. The molecule has 2 heterocycles. The first-order chi connectivity index (χ1) is 12.6. The van der Waals surface area contributed by atoms with Crippen molar-refractivity contribution in [1.82, 2.24) is 9.80 Å². The Morgan fingerprint density at radius 3 is 1.96 bits per heavy atom. The smallest absolute Gasteiger partial charge is 0.240 e. The zero-order valence-corrected chi connectivity index (χ0v) is 14.7. The molecule has 2 aliphatic heterocycles. The second kappa shape index (κ2) is 6.92. The average Bonchev–Trinajstić information content (AvgIpc) is 3.11. The summed E-state index contributed by atoms with van der Waals surface area (Å²) in [6.07, 6.45) is 0.917. The Hall–Kier alpha value is -2.66. The van der Waals surface area contributed by atoms with Crippen LogP contribution in [0, 0.1) is 0 Å². The molecule has 0 saturated carbocycles. The first-order valence-corrected chi connectivity index (χ1v) is 9.07. The highest BCUT2D eigenvalue weighted by Gasteiger charge is 2.30. The second-order valence-corrected chi connectivity index (χ2v) is 7.11. The van der Waals surface area contributed by atoms with E-state index in [4.69, 9.17) is 5.73 Å². The summed E-state index contributed by atoms with van der Waals surface area (Å²) >= 11 is 0. The number of carbonyl (C=O) groups is 2. The molecule has 2 amide bonds. The number of amides is 2. The molecule has 0 aliphatic carbocycles. The third kappa shape index (κ3) is 3.22. The Labute approximate surface area is 153 Å². The second-order valence-electron chi connectivity index (χ2n) is 7.11. The molecule has 134 valence electrons. The molecule has 4 rings (SSSR count). The Balaban J connectivity index is 1.36. The Morgan fingerprint density at radius 2 is 1.35 bits per heavy atom. The fourth-order valence-corrected chi connectivity index (χ4v) is 3.84. The van der Waals surface area contributed by atoms with Gasteiger partial charge in [0.05, 0.1) is 12.5 Å². The minimum absolute atomic E-state index is 0.0444. The van der Waals surface area contributed by atoms with Crippen LogP contribution in [0.4, 0.5) is 0 Å². The van der Waals surface area contributed by atoms with E-state index in [0.717, 1.165) is 17.5 Å². The Kier molecular flexibility index (Phi) is 4.47. The summed E-state index contributed by atoms with van der Waals surface area (Å²) < 4.78 is 0. The van der Waals surface area contributed by atoms with E-state index in [2.05, 4.69) is 12.1 Å². The maximum absolute atomic E-state index is 12.7. The Bertz CT molecular complexity index is 824. The van der Waals surface area contributed by atoms with Crippen LogP contribution in [0.2, 0.25) is 0 Å². The van der Waals surface area contributed by atoms with Gasteiger partial charge in [-0.05, 0) is 28.7 Å². The summed E-state index contributed by atoms with van der Waals surface area (Å²) in [5.74, 6) is -0.191. The zero-order chi connectivity index (χ0) is 18.1. The van der Waals surface area contributed by atoms with E-state index in [1.807, 2.05) is 41.3 Å². The van der Waals surface area contributed by atoms with E-state index >= 15 is 0 Å². The van der Waals surface area contributed by atoms with E-state index in [1.165, 1.54) is 11.1 Å². The summed E-state index contributed by atoms with van der Waals surface area (Å²) in [4.78, 5) is 28.8. The van der Waals surface area contributed by atoms with Crippen LogP contribution in [0.15, 0.2) is 48.5 Å². The monoisotopic (exact) mass is 349 g/mol. The molecular formula is C21H23N3O2. The summed E-state index contributed by atoms with van der Waals surface area (Å²) in [6, 6.07) is 15.4. The summed E-state index contributed by atoms with van der Waals surface area (Å²) in [6.45, 7) is 2.44. The van der Waals surface area contributed by atoms with Crippen LogP contribution in [-0.2, 0) is 35.6 Å². The average molecular weight is 349 g/mol. The first kappa shape index (κ1) is 16.8. The van der Waals surface area contributed by atoms with Crippen molar-refractivity contribution in [2.75, 3.05) is 6.54 Å². The van der Waals surface area contributed by atoms with Crippen molar-refractivity contribution >= 4 is 11.8 Å². The minimum atomic E-state index is -0.783. The maximum Gasteiger partial charge on any atom is 0.240 e. The van der Waals surface area contributed by atoms with Crippen molar-refractivity contribution in [3.63, 3.8) is 0 Å². The maximum atomic E-state index is 12.7. The van der Waals surface area contributed by atoms with Gasteiger partial charge in [0.2, 0.25) is 11.8 Å². The topological polar surface area (TPSA) is 66.6 Å². The van der Waals surface area contributed by atoms with E-state index < -0.39 is 6.04 Å². The van der Waals surface area contributed by atoms with Crippen LogP contribution < -0.4 is 5.73 Å². The molecule has 2 aliphatic rings. The fourth-order valence-electron chi connectivity index (χ4n) is 3.84. The molecule has 0 spiro atoms. The molecule has 26 heavy (non-hydrogen) atoms. The minimum Gasteiger partial charge on any atom is -0.338 e. The molecule has 5 heteroatoms. The number of hydrogen-bond donors (Lipinski definition) is 1. The van der Waals surface area contributed by atoms with Crippen LogP contribution in [0.5, 0.6) is 0 Å². The van der Waals surface area contributed by atoms with Gasteiger partial charge in [0.1, 0.15) is 0 Å². The van der Waals surface area contributed by atoms with Gasteiger partial charge in [-0.2, -0.15) is 0 Å². The normalized spacial score (nSPS) is 16.8.